The van der Waals surface area contributed by atoms with Gasteiger partial charge in [0.25, 0.3) is 0 Å². The van der Waals surface area contributed by atoms with Gasteiger partial charge in [-0.15, -0.1) is 11.3 Å². The second-order valence-corrected chi connectivity index (χ2v) is 6.17. The number of nitrogens with one attached hydrogen (secondary N) is 1. The van der Waals surface area contributed by atoms with E-state index in [2.05, 4.69) is 10.3 Å². The van der Waals surface area contributed by atoms with Gasteiger partial charge < -0.3 is 15.3 Å². The third-order valence-corrected chi connectivity index (χ3v) is 4.17. The van der Waals surface area contributed by atoms with E-state index in [1.165, 1.54) is 11.3 Å². The second-order valence-electron chi connectivity index (χ2n) is 5.28. The summed E-state index contributed by atoms with van der Waals surface area (Å²) in [4.78, 5) is 28.9. The van der Waals surface area contributed by atoms with E-state index < -0.39 is 5.97 Å². The maximum absolute atomic E-state index is 12.3. The molecule has 0 radical (unpaired) electrons. The Morgan fingerprint density at radius 2 is 2.10 bits per heavy atom. The highest BCUT2D eigenvalue weighted by atomic mass is 32.1. The van der Waals surface area contributed by atoms with Crippen LogP contribution in [0.15, 0.2) is 5.38 Å². The first-order chi connectivity index (χ1) is 9.81. The predicted molar refractivity (Wildman–Crippen MR) is 82.5 cm³/mol. The topological polar surface area (TPSA) is 82.5 Å². The largest absolute Gasteiger partial charge is 0.481 e. The van der Waals surface area contributed by atoms with Crippen LogP contribution < -0.4 is 5.32 Å². The lowest BCUT2D eigenvalue weighted by molar-refractivity contribution is -0.137. The number of nitrogens with zero attached hydrogens (tertiary/aromatic N) is 2. The third-order valence-electron chi connectivity index (χ3n) is 3.02. The first-order valence-electron chi connectivity index (χ1n) is 7.02. The fourth-order valence-electron chi connectivity index (χ4n) is 1.90. The number of hydrogen-bond donors (Lipinski definition) is 2. The maximum atomic E-state index is 12.3. The lowest BCUT2D eigenvalue weighted by Gasteiger charge is -2.28. The normalized spacial score (nSPS) is 12.2. The van der Waals surface area contributed by atoms with Crippen LogP contribution in [-0.4, -0.2) is 39.6 Å². The molecular formula is C14H23N3O3S. The molecule has 1 aromatic rings. The molecule has 0 saturated heterocycles. The Bertz CT molecular complexity index is 488. The molecule has 0 spiro atoms. The highest BCUT2D eigenvalue weighted by Crippen LogP contribution is 2.18. The molecule has 1 rings (SSSR count). The molecule has 1 unspecified atom stereocenters. The van der Waals surface area contributed by atoms with Crippen LogP contribution >= 0.6 is 11.3 Å². The van der Waals surface area contributed by atoms with E-state index in [0.717, 1.165) is 10.7 Å². The molecule has 1 atom stereocenters. The Kier molecular flexibility index (Phi) is 6.61. The summed E-state index contributed by atoms with van der Waals surface area (Å²) >= 11 is 1.52. The Labute approximate surface area is 129 Å². The number of urea groups is 1. The van der Waals surface area contributed by atoms with Gasteiger partial charge in [0.1, 0.15) is 5.01 Å². The van der Waals surface area contributed by atoms with E-state index in [4.69, 9.17) is 5.11 Å². The standard InChI is InChI=1S/C14H23N3O3S/c1-9(2)17(7-5-6-12(18)19)14(20)16-11(4)13-15-10(3)8-21-13/h8-9,11H,5-7H2,1-4H3,(H,16,20)(H,18,19). The zero-order valence-electron chi connectivity index (χ0n) is 12.9. The van der Waals surface area contributed by atoms with Gasteiger partial charge in [0.15, 0.2) is 0 Å². The monoisotopic (exact) mass is 313 g/mol. The summed E-state index contributed by atoms with van der Waals surface area (Å²) in [6.07, 6.45) is 0.517. The number of carboxylic acid groups (broad SMARTS) is 1. The fourth-order valence-corrected chi connectivity index (χ4v) is 2.70. The average molecular weight is 313 g/mol. The van der Waals surface area contributed by atoms with Crippen LogP contribution in [0.1, 0.15) is 50.4 Å². The molecule has 118 valence electrons. The Balaban J connectivity index is 2.58. The average Bonchev–Trinajstić information content (AvgIpc) is 2.80. The minimum atomic E-state index is -0.842. The number of aliphatic carboxylic acids is 1. The van der Waals surface area contributed by atoms with Gasteiger partial charge in [-0.25, -0.2) is 9.78 Å². The van der Waals surface area contributed by atoms with Gasteiger partial charge in [0, 0.05) is 30.1 Å². The molecule has 1 heterocycles. The first-order valence-corrected chi connectivity index (χ1v) is 7.90. The van der Waals surface area contributed by atoms with Gasteiger partial charge in [-0.2, -0.15) is 0 Å². The van der Waals surface area contributed by atoms with Gasteiger partial charge in [-0.05, 0) is 34.1 Å². The Hall–Kier alpha value is -1.63. The molecule has 0 aliphatic heterocycles. The summed E-state index contributed by atoms with van der Waals surface area (Å²) in [5.41, 5.74) is 0.943. The zero-order chi connectivity index (χ0) is 16.0. The molecule has 0 aromatic carbocycles. The van der Waals surface area contributed by atoms with Gasteiger partial charge in [0.2, 0.25) is 0 Å². The van der Waals surface area contributed by atoms with Crippen molar-refractivity contribution in [3.8, 4) is 0 Å². The smallest absolute Gasteiger partial charge is 0.318 e. The van der Waals surface area contributed by atoms with Gasteiger partial charge in [0.05, 0.1) is 6.04 Å². The van der Waals surface area contributed by atoms with Crippen LogP contribution in [0.25, 0.3) is 0 Å². The van der Waals surface area contributed by atoms with Gasteiger partial charge >= 0.3 is 12.0 Å². The Morgan fingerprint density at radius 1 is 1.43 bits per heavy atom. The highest BCUT2D eigenvalue weighted by Gasteiger charge is 2.20. The predicted octanol–water partition coefficient (Wildman–Crippen LogP) is 2.80. The Morgan fingerprint density at radius 3 is 2.57 bits per heavy atom. The van der Waals surface area contributed by atoms with E-state index in [0.29, 0.717) is 13.0 Å². The molecule has 2 N–H and O–H groups in total. The van der Waals surface area contributed by atoms with Crippen molar-refractivity contribution in [2.45, 2.75) is 52.6 Å². The minimum Gasteiger partial charge on any atom is -0.481 e. The molecule has 21 heavy (non-hydrogen) atoms. The van der Waals surface area contributed by atoms with Gasteiger partial charge in [-0.1, -0.05) is 0 Å². The summed E-state index contributed by atoms with van der Waals surface area (Å²) in [6.45, 7) is 8.07. The minimum absolute atomic E-state index is 0.0176. The number of aryl methyl sites for hydroxylation is 1. The van der Waals surface area contributed by atoms with Crippen molar-refractivity contribution in [2.75, 3.05) is 6.54 Å². The van der Waals surface area contributed by atoms with Crippen molar-refractivity contribution in [3.05, 3.63) is 16.1 Å². The van der Waals surface area contributed by atoms with Crippen molar-refractivity contribution in [3.63, 3.8) is 0 Å². The summed E-state index contributed by atoms with van der Waals surface area (Å²) in [6, 6.07) is -0.323. The molecule has 2 amide bonds. The SMILES string of the molecule is Cc1csc(C(C)NC(=O)N(CCCC(=O)O)C(C)C)n1. The number of carboxylic acids is 1. The van der Waals surface area contributed by atoms with Crippen molar-refractivity contribution in [1.82, 2.24) is 15.2 Å². The maximum Gasteiger partial charge on any atom is 0.318 e. The number of hydrogen-bond acceptors (Lipinski definition) is 4. The van der Waals surface area contributed by atoms with E-state index in [9.17, 15) is 9.59 Å². The summed E-state index contributed by atoms with van der Waals surface area (Å²) in [7, 11) is 0. The van der Waals surface area contributed by atoms with Gasteiger partial charge in [-0.3, -0.25) is 4.79 Å². The van der Waals surface area contributed by atoms with E-state index in [1.54, 1.807) is 4.90 Å². The number of rotatable bonds is 7. The molecule has 1 aromatic heterocycles. The number of thiazole rings is 1. The molecule has 0 fully saturated rings. The quantitative estimate of drug-likeness (QED) is 0.811. The number of amides is 2. The number of aromatic nitrogens is 1. The number of carbonyl (C=O) groups is 2. The molecule has 0 aliphatic carbocycles. The zero-order valence-corrected chi connectivity index (χ0v) is 13.7. The molecule has 0 saturated carbocycles. The van der Waals surface area contributed by atoms with Crippen LogP contribution in [-0.2, 0) is 4.79 Å². The molecular weight excluding hydrogens is 290 g/mol. The summed E-state index contributed by atoms with van der Waals surface area (Å²) in [5, 5.41) is 14.4. The summed E-state index contributed by atoms with van der Waals surface area (Å²) in [5.74, 6) is -0.842. The summed E-state index contributed by atoms with van der Waals surface area (Å²) < 4.78 is 0. The fraction of sp³-hybridized carbons (Fsp3) is 0.643. The molecule has 7 heteroatoms. The van der Waals surface area contributed by atoms with Crippen LogP contribution in [0.4, 0.5) is 4.79 Å². The van der Waals surface area contributed by atoms with Crippen molar-refractivity contribution < 1.29 is 14.7 Å². The third kappa shape index (κ3) is 5.71. The molecule has 0 bridgehead atoms. The second kappa shape index (κ2) is 7.97. The van der Waals surface area contributed by atoms with Crippen molar-refractivity contribution in [2.24, 2.45) is 0 Å². The van der Waals surface area contributed by atoms with E-state index in [1.807, 2.05) is 33.1 Å². The lowest BCUT2D eigenvalue weighted by atomic mass is 10.2. The van der Waals surface area contributed by atoms with E-state index in [-0.39, 0.29) is 24.5 Å². The highest BCUT2D eigenvalue weighted by molar-refractivity contribution is 7.09. The van der Waals surface area contributed by atoms with Crippen LogP contribution in [0.3, 0.4) is 0 Å². The van der Waals surface area contributed by atoms with Crippen LogP contribution in [0, 0.1) is 6.92 Å². The van der Waals surface area contributed by atoms with Crippen molar-refractivity contribution in [1.29, 1.82) is 0 Å². The molecule has 0 aliphatic rings. The first kappa shape index (κ1) is 17.4. The van der Waals surface area contributed by atoms with Crippen LogP contribution in [0.5, 0.6) is 0 Å². The lowest BCUT2D eigenvalue weighted by Crippen LogP contribution is -2.45. The van der Waals surface area contributed by atoms with Crippen molar-refractivity contribution >= 4 is 23.3 Å². The van der Waals surface area contributed by atoms with E-state index >= 15 is 0 Å². The van der Waals surface area contributed by atoms with Crippen LogP contribution in [0.2, 0.25) is 0 Å². The molecule has 6 nitrogen and oxygen atoms in total. The number of carbonyl (C=O) groups excluding carboxylic acids is 1.